The first-order valence-electron chi connectivity index (χ1n) is 4.65. The van der Waals surface area contributed by atoms with Crippen LogP contribution in [0, 0.1) is 0 Å². The van der Waals surface area contributed by atoms with Crippen LogP contribution in [0.2, 0.25) is 0 Å². The van der Waals surface area contributed by atoms with Crippen LogP contribution in [0.1, 0.15) is 19.8 Å². The molecule has 0 saturated carbocycles. The van der Waals surface area contributed by atoms with Gasteiger partial charge in [0.05, 0.1) is 12.7 Å². The van der Waals surface area contributed by atoms with Crippen LogP contribution < -0.4 is 0 Å². The maximum atomic E-state index is 9.04. The van der Waals surface area contributed by atoms with Gasteiger partial charge in [0.2, 0.25) is 0 Å². The highest BCUT2D eigenvalue weighted by Gasteiger charge is 2.24. The normalized spacial score (nSPS) is 27.8. The summed E-state index contributed by atoms with van der Waals surface area (Å²) in [6, 6.07) is 0.377. The number of hydrogen-bond donors (Lipinski definition) is 1. The summed E-state index contributed by atoms with van der Waals surface area (Å²) >= 11 is 0. The molecule has 1 heterocycles. The number of likely N-dealkylation sites (tertiary alicyclic amines) is 1. The van der Waals surface area contributed by atoms with Crippen molar-refractivity contribution < 1.29 is 9.84 Å². The number of aliphatic hydroxyl groups is 1. The minimum atomic E-state index is 0.275. The van der Waals surface area contributed by atoms with Gasteiger partial charge >= 0.3 is 0 Å². The second kappa shape index (κ2) is 4.80. The molecule has 1 N–H and O–H groups in total. The quantitative estimate of drug-likeness (QED) is 0.671. The number of ether oxygens (including phenoxy) is 1. The minimum absolute atomic E-state index is 0.275. The molecule has 0 aliphatic carbocycles. The van der Waals surface area contributed by atoms with Crippen LogP contribution in [0.25, 0.3) is 0 Å². The fraction of sp³-hybridized carbons (Fsp3) is 1.00. The van der Waals surface area contributed by atoms with E-state index in [0.29, 0.717) is 6.04 Å². The monoisotopic (exact) mass is 173 g/mol. The molecule has 1 aliphatic heterocycles. The van der Waals surface area contributed by atoms with E-state index in [-0.39, 0.29) is 12.7 Å². The molecule has 3 heteroatoms. The number of nitrogens with zero attached hydrogens (tertiary/aromatic N) is 1. The molecule has 0 aromatic heterocycles. The molecular formula is C9H19NO2. The third-order valence-corrected chi connectivity index (χ3v) is 2.60. The van der Waals surface area contributed by atoms with E-state index in [1.807, 2.05) is 0 Å². The Hall–Kier alpha value is -0.120. The lowest BCUT2D eigenvalue weighted by molar-refractivity contribution is 0.0605. The summed E-state index contributed by atoms with van der Waals surface area (Å²) in [6.45, 7) is 4.41. The van der Waals surface area contributed by atoms with E-state index in [9.17, 15) is 0 Å². The first-order chi connectivity index (χ1) is 5.77. The zero-order chi connectivity index (χ0) is 8.97. The number of rotatable bonds is 4. The highest BCUT2D eigenvalue weighted by Crippen LogP contribution is 2.16. The Balaban J connectivity index is 2.30. The van der Waals surface area contributed by atoms with Crippen molar-refractivity contribution in [1.82, 2.24) is 4.90 Å². The standard InChI is InChI=1S/C9H19NO2/c1-8(12-2)6-10-5-3-4-9(10)7-11/h8-9,11H,3-7H2,1-2H3/t8?,9-/m1/s1. The van der Waals surface area contributed by atoms with Crippen LogP contribution in [0.3, 0.4) is 0 Å². The predicted octanol–water partition coefficient (Wildman–Crippen LogP) is 0.478. The largest absolute Gasteiger partial charge is 0.395 e. The van der Waals surface area contributed by atoms with Gasteiger partial charge in [0.1, 0.15) is 0 Å². The van der Waals surface area contributed by atoms with Crippen LogP contribution >= 0.6 is 0 Å². The summed E-state index contributed by atoms with van der Waals surface area (Å²) in [7, 11) is 1.73. The summed E-state index contributed by atoms with van der Waals surface area (Å²) in [4.78, 5) is 2.31. The van der Waals surface area contributed by atoms with Gasteiger partial charge < -0.3 is 9.84 Å². The summed E-state index contributed by atoms with van der Waals surface area (Å²) in [5.74, 6) is 0. The lowest BCUT2D eigenvalue weighted by Gasteiger charge is -2.25. The van der Waals surface area contributed by atoms with Crippen molar-refractivity contribution in [2.24, 2.45) is 0 Å². The van der Waals surface area contributed by atoms with E-state index in [1.165, 1.54) is 6.42 Å². The van der Waals surface area contributed by atoms with Gasteiger partial charge in [-0.3, -0.25) is 4.90 Å². The predicted molar refractivity (Wildman–Crippen MR) is 48.2 cm³/mol. The Morgan fingerprint density at radius 2 is 2.42 bits per heavy atom. The molecule has 0 spiro atoms. The van der Waals surface area contributed by atoms with Gasteiger partial charge in [-0.1, -0.05) is 0 Å². The topological polar surface area (TPSA) is 32.7 Å². The molecule has 1 rings (SSSR count). The fourth-order valence-electron chi connectivity index (χ4n) is 1.75. The first-order valence-corrected chi connectivity index (χ1v) is 4.65. The van der Waals surface area contributed by atoms with Gasteiger partial charge in [-0.2, -0.15) is 0 Å². The Bertz CT molecular complexity index is 130. The molecule has 1 aliphatic rings. The van der Waals surface area contributed by atoms with Crippen molar-refractivity contribution in [3.8, 4) is 0 Å². The SMILES string of the molecule is COC(C)CN1CCC[C@@H]1CO. The van der Waals surface area contributed by atoms with E-state index < -0.39 is 0 Å². The van der Waals surface area contributed by atoms with Crippen molar-refractivity contribution in [1.29, 1.82) is 0 Å². The number of hydrogen-bond acceptors (Lipinski definition) is 3. The summed E-state index contributed by atoms with van der Waals surface area (Å²) in [5.41, 5.74) is 0. The van der Waals surface area contributed by atoms with Crippen molar-refractivity contribution in [3.63, 3.8) is 0 Å². The molecule has 0 aromatic rings. The number of methoxy groups -OCH3 is 1. The molecule has 1 saturated heterocycles. The highest BCUT2D eigenvalue weighted by atomic mass is 16.5. The summed E-state index contributed by atoms with van der Waals surface area (Å²) in [6.07, 6.45) is 2.62. The lowest BCUT2D eigenvalue weighted by atomic mass is 10.2. The van der Waals surface area contributed by atoms with Crippen LogP contribution in [0.4, 0.5) is 0 Å². The maximum absolute atomic E-state index is 9.04. The zero-order valence-corrected chi connectivity index (χ0v) is 7.99. The van der Waals surface area contributed by atoms with Crippen molar-refractivity contribution in [2.75, 3.05) is 26.8 Å². The Morgan fingerprint density at radius 1 is 1.67 bits per heavy atom. The highest BCUT2D eigenvalue weighted by molar-refractivity contribution is 4.79. The first kappa shape index (κ1) is 9.96. The maximum Gasteiger partial charge on any atom is 0.0670 e. The van der Waals surface area contributed by atoms with Gasteiger partial charge in [0.25, 0.3) is 0 Å². The van der Waals surface area contributed by atoms with Gasteiger partial charge in [0, 0.05) is 19.7 Å². The fourth-order valence-corrected chi connectivity index (χ4v) is 1.75. The van der Waals surface area contributed by atoms with Gasteiger partial charge in [-0.15, -0.1) is 0 Å². The molecule has 2 atom stereocenters. The molecule has 0 radical (unpaired) electrons. The second-order valence-corrected chi connectivity index (χ2v) is 3.52. The van der Waals surface area contributed by atoms with Crippen LogP contribution in [-0.4, -0.2) is 49.0 Å². The van der Waals surface area contributed by atoms with Crippen molar-refractivity contribution in [2.45, 2.75) is 31.9 Å². The molecule has 12 heavy (non-hydrogen) atoms. The summed E-state index contributed by atoms with van der Waals surface area (Å²) in [5, 5.41) is 9.04. The average molecular weight is 173 g/mol. The minimum Gasteiger partial charge on any atom is -0.395 e. The molecule has 3 nitrogen and oxygen atoms in total. The van der Waals surface area contributed by atoms with E-state index in [1.54, 1.807) is 7.11 Å². The smallest absolute Gasteiger partial charge is 0.0670 e. The second-order valence-electron chi connectivity index (χ2n) is 3.52. The third kappa shape index (κ3) is 2.44. The Morgan fingerprint density at radius 3 is 3.00 bits per heavy atom. The third-order valence-electron chi connectivity index (χ3n) is 2.60. The summed E-state index contributed by atoms with van der Waals surface area (Å²) < 4.78 is 5.18. The van der Waals surface area contributed by atoms with Gasteiger partial charge in [-0.05, 0) is 26.3 Å². The van der Waals surface area contributed by atoms with E-state index in [0.717, 1.165) is 19.5 Å². The molecule has 1 fully saturated rings. The van der Waals surface area contributed by atoms with Gasteiger partial charge in [0.15, 0.2) is 0 Å². The van der Waals surface area contributed by atoms with Crippen LogP contribution in [0.5, 0.6) is 0 Å². The zero-order valence-electron chi connectivity index (χ0n) is 7.99. The average Bonchev–Trinajstić information content (AvgIpc) is 2.51. The number of aliphatic hydroxyl groups excluding tert-OH is 1. The van der Waals surface area contributed by atoms with E-state index in [4.69, 9.17) is 9.84 Å². The molecular weight excluding hydrogens is 154 g/mol. The molecule has 1 unspecified atom stereocenters. The Labute approximate surface area is 74.3 Å². The van der Waals surface area contributed by atoms with Crippen LogP contribution in [0.15, 0.2) is 0 Å². The van der Waals surface area contributed by atoms with E-state index in [2.05, 4.69) is 11.8 Å². The molecule has 0 aromatic carbocycles. The van der Waals surface area contributed by atoms with Gasteiger partial charge in [-0.25, -0.2) is 0 Å². The lowest BCUT2D eigenvalue weighted by Crippen LogP contribution is -2.37. The van der Waals surface area contributed by atoms with Crippen LogP contribution in [-0.2, 0) is 4.74 Å². The van der Waals surface area contributed by atoms with E-state index >= 15 is 0 Å². The van der Waals surface area contributed by atoms with Crippen molar-refractivity contribution in [3.05, 3.63) is 0 Å². The molecule has 0 bridgehead atoms. The molecule has 0 amide bonds. The Kier molecular flexibility index (Phi) is 3.98. The molecule has 72 valence electrons. The van der Waals surface area contributed by atoms with Crippen molar-refractivity contribution >= 4 is 0 Å².